The van der Waals surface area contributed by atoms with E-state index < -0.39 is 41.0 Å². The van der Waals surface area contributed by atoms with E-state index in [1.54, 1.807) is 4.90 Å². The van der Waals surface area contributed by atoms with Gasteiger partial charge in [-0.3, -0.25) is 0 Å². The number of nitrogens with one attached hydrogen (secondary N) is 1. The van der Waals surface area contributed by atoms with Crippen molar-refractivity contribution in [1.82, 2.24) is 0 Å². The van der Waals surface area contributed by atoms with Gasteiger partial charge in [0.1, 0.15) is 5.70 Å². The van der Waals surface area contributed by atoms with Crippen molar-refractivity contribution in [2.24, 2.45) is 5.73 Å². The molecule has 0 aliphatic carbocycles. The van der Waals surface area contributed by atoms with Crippen LogP contribution in [-0.4, -0.2) is 48.6 Å². The lowest BCUT2D eigenvalue weighted by molar-refractivity contribution is -0.376. The van der Waals surface area contributed by atoms with E-state index in [0.29, 0.717) is 48.1 Å². The molecule has 5 N–H and O–H groups in total. The first-order valence-corrected chi connectivity index (χ1v) is 10.4. The first-order valence-electron chi connectivity index (χ1n) is 10.4. The Bertz CT molecular complexity index is 1120. The number of halogens is 9. The molecule has 1 aliphatic heterocycles. The van der Waals surface area contributed by atoms with Gasteiger partial charge in [-0.2, -0.15) is 39.5 Å². The molecular weight excluding hydrogens is 521 g/mol. The van der Waals surface area contributed by atoms with Crippen molar-refractivity contribution in [2.75, 3.05) is 18.6 Å². The highest BCUT2D eigenvalue weighted by Gasteiger charge is 2.71. The van der Waals surface area contributed by atoms with Crippen molar-refractivity contribution in [3.8, 4) is 0 Å². The summed E-state index contributed by atoms with van der Waals surface area (Å²) in [7, 11) is 1.00. The second kappa shape index (κ2) is 10.6. The SMILES string of the molecule is CO.N=C/C(=C(\N)C(F)(F)F)c1ccc2c(c1)CCN2Cc1ccc(C(O)(C(F)(F)F)C(F)(F)F)cc1. The Labute approximate surface area is 205 Å². The summed E-state index contributed by atoms with van der Waals surface area (Å²) in [5.74, 6) is 0. The molecule has 0 spiro atoms. The number of hydrogen-bond acceptors (Lipinski definition) is 5. The summed E-state index contributed by atoms with van der Waals surface area (Å²) in [5.41, 5.74) is -1.50. The van der Waals surface area contributed by atoms with E-state index in [0.717, 1.165) is 19.2 Å². The number of nitrogens with zero attached hydrogens (tertiary/aromatic N) is 1. The van der Waals surface area contributed by atoms with Gasteiger partial charge in [-0.05, 0) is 35.2 Å². The van der Waals surface area contributed by atoms with Gasteiger partial charge < -0.3 is 26.3 Å². The zero-order chi connectivity index (χ0) is 28.4. The second-order valence-corrected chi connectivity index (χ2v) is 7.89. The third-order valence-electron chi connectivity index (χ3n) is 5.69. The Morgan fingerprint density at radius 2 is 1.49 bits per heavy atom. The largest absolute Gasteiger partial charge is 0.431 e. The van der Waals surface area contributed by atoms with E-state index in [1.807, 2.05) is 0 Å². The van der Waals surface area contributed by atoms with Crippen LogP contribution < -0.4 is 10.6 Å². The molecule has 0 atom stereocenters. The number of alkyl halides is 9. The van der Waals surface area contributed by atoms with E-state index in [4.69, 9.17) is 16.2 Å². The molecule has 0 unspecified atom stereocenters. The maximum atomic E-state index is 13.0. The maximum Gasteiger partial charge on any atom is 0.431 e. The standard InChI is InChI=1S/C22H18F9N3O.CH4O/c23-20(24,25)18(33)16(10-32)13-3-6-17-14(9-13)7-8-34(17)11-12-1-4-15(5-2-12)19(35,21(26,27)28)22(29,30)31;1-2/h1-6,9-10,32,35H,7-8,11,33H2;2H,1H3/b18-16+,32-10?;. The van der Waals surface area contributed by atoms with Crippen LogP contribution in [0.2, 0.25) is 0 Å². The Kier molecular flexibility index (Phi) is 8.60. The van der Waals surface area contributed by atoms with Crippen LogP contribution in [-0.2, 0) is 18.6 Å². The molecule has 14 heteroatoms. The predicted octanol–water partition coefficient (Wildman–Crippen LogP) is 5.05. The number of rotatable bonds is 5. The number of nitrogens with two attached hydrogens (primary N) is 1. The number of fused-ring (bicyclic) bond motifs is 1. The van der Waals surface area contributed by atoms with Crippen LogP contribution in [0.3, 0.4) is 0 Å². The van der Waals surface area contributed by atoms with Crippen LogP contribution in [0.1, 0.15) is 22.3 Å². The average molecular weight is 543 g/mol. The van der Waals surface area contributed by atoms with Crippen LogP contribution in [0.15, 0.2) is 48.2 Å². The number of anilines is 1. The monoisotopic (exact) mass is 543 g/mol. The summed E-state index contributed by atoms with van der Waals surface area (Å²) in [4.78, 5) is 1.74. The molecule has 3 rings (SSSR count). The number of aliphatic hydroxyl groups is 2. The van der Waals surface area contributed by atoms with Crippen LogP contribution in [0, 0.1) is 5.41 Å². The maximum absolute atomic E-state index is 13.0. The van der Waals surface area contributed by atoms with E-state index in [1.165, 1.54) is 18.2 Å². The van der Waals surface area contributed by atoms with Gasteiger partial charge in [-0.25, -0.2) is 0 Å². The topological polar surface area (TPSA) is 93.6 Å². The summed E-state index contributed by atoms with van der Waals surface area (Å²) in [6.07, 6.45) is -15.9. The van der Waals surface area contributed by atoms with E-state index >= 15 is 0 Å². The molecule has 204 valence electrons. The lowest BCUT2D eigenvalue weighted by atomic mass is 9.91. The Morgan fingerprint density at radius 3 is 1.95 bits per heavy atom. The zero-order valence-electron chi connectivity index (χ0n) is 19.1. The van der Waals surface area contributed by atoms with Crippen molar-refractivity contribution in [2.45, 2.75) is 37.1 Å². The van der Waals surface area contributed by atoms with Crippen molar-refractivity contribution in [3.05, 3.63) is 70.4 Å². The Morgan fingerprint density at radius 1 is 0.946 bits per heavy atom. The normalized spacial score (nSPS) is 15.0. The van der Waals surface area contributed by atoms with E-state index in [9.17, 15) is 44.6 Å². The number of allylic oxidation sites excluding steroid dienone is 2. The molecule has 0 saturated heterocycles. The molecule has 2 aromatic carbocycles. The summed E-state index contributed by atoms with van der Waals surface area (Å²) in [5, 5.41) is 23.8. The molecule has 0 saturated carbocycles. The smallest absolute Gasteiger partial charge is 0.400 e. The predicted molar refractivity (Wildman–Crippen MR) is 118 cm³/mol. The first kappa shape index (κ1) is 30.0. The third-order valence-corrected chi connectivity index (χ3v) is 5.69. The second-order valence-electron chi connectivity index (χ2n) is 7.89. The van der Waals surface area contributed by atoms with Gasteiger partial charge in [0.05, 0.1) is 0 Å². The van der Waals surface area contributed by atoms with Gasteiger partial charge >= 0.3 is 18.5 Å². The van der Waals surface area contributed by atoms with Crippen molar-refractivity contribution in [1.29, 1.82) is 5.41 Å². The number of benzene rings is 2. The van der Waals surface area contributed by atoms with Crippen LogP contribution in [0.4, 0.5) is 45.2 Å². The highest BCUT2D eigenvalue weighted by atomic mass is 19.4. The van der Waals surface area contributed by atoms with E-state index in [-0.39, 0.29) is 12.1 Å². The minimum absolute atomic E-state index is 0.0818. The summed E-state index contributed by atoms with van der Waals surface area (Å²) >= 11 is 0. The molecule has 2 aromatic rings. The van der Waals surface area contributed by atoms with Gasteiger partial charge in [0.15, 0.2) is 0 Å². The van der Waals surface area contributed by atoms with Gasteiger partial charge in [0, 0.05) is 43.2 Å². The van der Waals surface area contributed by atoms with Gasteiger partial charge in [0.25, 0.3) is 5.60 Å². The molecule has 5 nitrogen and oxygen atoms in total. The van der Waals surface area contributed by atoms with Gasteiger partial charge in [-0.15, -0.1) is 0 Å². The number of aliphatic hydroxyl groups excluding tert-OH is 1. The minimum Gasteiger partial charge on any atom is -0.400 e. The van der Waals surface area contributed by atoms with Crippen molar-refractivity contribution < 1.29 is 49.7 Å². The molecule has 0 amide bonds. The van der Waals surface area contributed by atoms with Crippen LogP contribution >= 0.6 is 0 Å². The highest BCUT2D eigenvalue weighted by Crippen LogP contribution is 2.50. The van der Waals surface area contributed by atoms with Crippen LogP contribution in [0.25, 0.3) is 5.57 Å². The highest BCUT2D eigenvalue weighted by molar-refractivity contribution is 6.09. The Hall–Kier alpha value is -3.26. The first-order chi connectivity index (χ1) is 17.0. The van der Waals surface area contributed by atoms with Crippen molar-refractivity contribution >= 4 is 17.5 Å². The number of hydrogen-bond donors (Lipinski definition) is 4. The quantitative estimate of drug-likeness (QED) is 0.314. The summed E-state index contributed by atoms with van der Waals surface area (Å²) < 4.78 is 117. The lowest BCUT2D eigenvalue weighted by Gasteiger charge is -2.32. The molecular formula is C23H22F9N3O2. The lowest BCUT2D eigenvalue weighted by Crippen LogP contribution is -2.53. The molecule has 0 fully saturated rings. The fourth-order valence-electron chi connectivity index (χ4n) is 3.83. The van der Waals surface area contributed by atoms with Crippen LogP contribution in [0.5, 0.6) is 0 Å². The summed E-state index contributed by atoms with van der Waals surface area (Å²) in [6, 6.07) is 7.46. The fourth-order valence-corrected chi connectivity index (χ4v) is 3.83. The van der Waals surface area contributed by atoms with Gasteiger partial charge in [0.2, 0.25) is 0 Å². The fraction of sp³-hybridized carbons (Fsp3) is 0.348. The van der Waals surface area contributed by atoms with E-state index in [2.05, 4.69) is 0 Å². The zero-order valence-corrected chi connectivity index (χ0v) is 19.1. The molecule has 37 heavy (non-hydrogen) atoms. The van der Waals surface area contributed by atoms with Crippen molar-refractivity contribution in [3.63, 3.8) is 0 Å². The minimum atomic E-state index is -5.99. The molecule has 1 aliphatic rings. The average Bonchev–Trinajstić information content (AvgIpc) is 3.20. The third kappa shape index (κ3) is 5.85. The Balaban J connectivity index is 0.00000235. The molecule has 1 heterocycles. The van der Waals surface area contributed by atoms with Gasteiger partial charge in [-0.1, -0.05) is 30.3 Å². The summed E-state index contributed by atoms with van der Waals surface area (Å²) in [6.45, 7) is 0.467. The molecule has 0 bridgehead atoms. The molecule has 0 radical (unpaired) electrons. The molecule has 0 aromatic heterocycles.